The van der Waals surface area contributed by atoms with Gasteiger partial charge < -0.3 is 19.5 Å². The molecule has 2 aromatic carbocycles. The number of methoxy groups -OCH3 is 1. The standard InChI is InChI=1S/C25H21FN4OS/c1-31-20-12-10-18(11-13-20)30-24(23(28-25(30)32)21-8-2-3-14-27-21)22-9-5-15-29(22)19-7-4-6-17(26)16-19/h2-16,23-24H,1H3,(H,28,32)/t23-,24+/m0/s1. The quantitative estimate of drug-likeness (QED) is 0.429. The van der Waals surface area contributed by atoms with E-state index in [0.717, 1.165) is 28.5 Å². The van der Waals surface area contributed by atoms with E-state index in [4.69, 9.17) is 17.0 Å². The van der Waals surface area contributed by atoms with Gasteiger partial charge in [-0.15, -0.1) is 0 Å². The molecule has 1 N–H and O–H groups in total. The Hall–Kier alpha value is -3.71. The van der Waals surface area contributed by atoms with Crippen LogP contribution in [0, 0.1) is 5.82 Å². The molecule has 1 saturated heterocycles. The normalized spacial score (nSPS) is 17.9. The number of thiocarbonyl (C=S) groups is 1. The minimum atomic E-state index is -0.282. The molecule has 0 aliphatic carbocycles. The predicted octanol–water partition coefficient (Wildman–Crippen LogP) is 5.20. The molecule has 5 rings (SSSR count). The van der Waals surface area contributed by atoms with Gasteiger partial charge in [-0.25, -0.2) is 4.39 Å². The molecule has 0 amide bonds. The summed E-state index contributed by atoms with van der Waals surface area (Å²) in [5, 5.41) is 4.05. The molecule has 0 saturated carbocycles. The molecule has 4 aromatic rings. The third-order valence-electron chi connectivity index (χ3n) is 5.62. The minimum absolute atomic E-state index is 0.187. The summed E-state index contributed by atoms with van der Waals surface area (Å²) in [5.41, 5.74) is 3.52. The van der Waals surface area contributed by atoms with Crippen LogP contribution in [0.2, 0.25) is 0 Å². The third-order valence-corrected chi connectivity index (χ3v) is 5.93. The van der Waals surface area contributed by atoms with Gasteiger partial charge in [0.2, 0.25) is 0 Å². The maximum atomic E-state index is 14.0. The molecule has 2 aromatic heterocycles. The second-order valence-electron chi connectivity index (χ2n) is 7.48. The highest BCUT2D eigenvalue weighted by molar-refractivity contribution is 7.80. The zero-order valence-electron chi connectivity index (χ0n) is 17.4. The van der Waals surface area contributed by atoms with Crippen molar-refractivity contribution in [2.75, 3.05) is 12.0 Å². The molecule has 0 unspecified atom stereocenters. The van der Waals surface area contributed by atoms with E-state index < -0.39 is 0 Å². The molecule has 32 heavy (non-hydrogen) atoms. The van der Waals surface area contributed by atoms with E-state index in [0.29, 0.717) is 5.11 Å². The van der Waals surface area contributed by atoms with Crippen molar-refractivity contribution in [3.05, 3.63) is 108 Å². The monoisotopic (exact) mass is 444 g/mol. The lowest BCUT2D eigenvalue weighted by atomic mass is 10.0. The second-order valence-corrected chi connectivity index (χ2v) is 7.86. The number of ether oxygens (including phenoxy) is 1. The molecular weight excluding hydrogens is 423 g/mol. The highest BCUT2D eigenvalue weighted by atomic mass is 32.1. The Bertz CT molecular complexity index is 1240. The highest BCUT2D eigenvalue weighted by Gasteiger charge is 2.42. The van der Waals surface area contributed by atoms with Gasteiger partial charge >= 0.3 is 0 Å². The van der Waals surface area contributed by atoms with Gasteiger partial charge in [0.1, 0.15) is 17.6 Å². The Morgan fingerprint density at radius 3 is 2.53 bits per heavy atom. The Kier molecular flexibility index (Phi) is 5.33. The van der Waals surface area contributed by atoms with E-state index in [1.165, 1.54) is 12.1 Å². The van der Waals surface area contributed by atoms with Gasteiger partial charge in [-0.05, 0) is 78.9 Å². The lowest BCUT2D eigenvalue weighted by Gasteiger charge is -2.29. The van der Waals surface area contributed by atoms with Crippen LogP contribution in [0.4, 0.5) is 10.1 Å². The molecule has 2 atom stereocenters. The topological polar surface area (TPSA) is 42.3 Å². The number of rotatable bonds is 5. The maximum absolute atomic E-state index is 14.0. The first kappa shape index (κ1) is 20.2. The number of nitrogens with zero attached hydrogens (tertiary/aromatic N) is 3. The summed E-state index contributed by atoms with van der Waals surface area (Å²) >= 11 is 5.78. The summed E-state index contributed by atoms with van der Waals surface area (Å²) in [6, 6.07) is 23.8. The fourth-order valence-electron chi connectivity index (χ4n) is 4.17. The first-order valence-electron chi connectivity index (χ1n) is 10.2. The predicted molar refractivity (Wildman–Crippen MR) is 127 cm³/mol. The van der Waals surface area contributed by atoms with Gasteiger partial charge in [-0.3, -0.25) is 4.98 Å². The summed E-state index contributed by atoms with van der Waals surface area (Å²) in [6.07, 6.45) is 3.71. The molecule has 1 aliphatic rings. The SMILES string of the molecule is COc1ccc(N2C(=S)N[C@@H](c3ccccn3)[C@H]2c2cccn2-c2cccc(F)c2)cc1. The molecule has 0 radical (unpaired) electrons. The van der Waals surface area contributed by atoms with Crippen molar-refractivity contribution < 1.29 is 9.13 Å². The van der Waals surface area contributed by atoms with Gasteiger partial charge in [0.15, 0.2) is 5.11 Å². The number of anilines is 1. The molecule has 1 fully saturated rings. The summed E-state index contributed by atoms with van der Waals surface area (Å²) in [7, 11) is 1.64. The molecule has 7 heteroatoms. The average molecular weight is 445 g/mol. The van der Waals surface area contributed by atoms with Crippen molar-refractivity contribution in [2.45, 2.75) is 12.1 Å². The number of benzene rings is 2. The van der Waals surface area contributed by atoms with Gasteiger partial charge in [-0.1, -0.05) is 12.1 Å². The zero-order chi connectivity index (χ0) is 22.1. The minimum Gasteiger partial charge on any atom is -0.497 e. The van der Waals surface area contributed by atoms with Crippen molar-refractivity contribution in [1.82, 2.24) is 14.9 Å². The summed E-state index contributed by atoms with van der Waals surface area (Å²) in [4.78, 5) is 6.67. The summed E-state index contributed by atoms with van der Waals surface area (Å²) in [5.74, 6) is 0.489. The van der Waals surface area contributed by atoms with E-state index in [1.807, 2.05) is 71.4 Å². The van der Waals surface area contributed by atoms with Gasteiger partial charge in [0.25, 0.3) is 0 Å². The fourth-order valence-corrected chi connectivity index (χ4v) is 4.52. The summed E-state index contributed by atoms with van der Waals surface area (Å²) in [6.45, 7) is 0. The number of halogens is 1. The van der Waals surface area contributed by atoms with Crippen LogP contribution in [0.25, 0.3) is 5.69 Å². The van der Waals surface area contributed by atoms with Crippen molar-refractivity contribution in [3.63, 3.8) is 0 Å². The third kappa shape index (κ3) is 3.61. The highest BCUT2D eigenvalue weighted by Crippen LogP contribution is 2.42. The Balaban J connectivity index is 1.65. The largest absolute Gasteiger partial charge is 0.497 e. The molecule has 160 valence electrons. The Labute approximate surface area is 191 Å². The van der Waals surface area contributed by atoms with E-state index >= 15 is 0 Å². The first-order valence-corrected chi connectivity index (χ1v) is 10.6. The fraction of sp³-hybridized carbons (Fsp3) is 0.120. The van der Waals surface area contributed by atoms with Crippen molar-refractivity contribution >= 4 is 23.0 Å². The first-order chi connectivity index (χ1) is 15.7. The van der Waals surface area contributed by atoms with E-state index in [2.05, 4.69) is 15.2 Å². The van der Waals surface area contributed by atoms with Crippen molar-refractivity contribution in [1.29, 1.82) is 0 Å². The molecule has 1 aliphatic heterocycles. The van der Waals surface area contributed by atoms with Crippen LogP contribution in [0.3, 0.4) is 0 Å². The lowest BCUT2D eigenvalue weighted by molar-refractivity contribution is 0.415. The van der Waals surface area contributed by atoms with Crippen molar-refractivity contribution in [3.8, 4) is 11.4 Å². The number of pyridine rings is 1. The smallest absolute Gasteiger partial charge is 0.174 e. The van der Waals surface area contributed by atoms with Crippen LogP contribution < -0.4 is 15.0 Å². The number of hydrogen-bond acceptors (Lipinski definition) is 3. The summed E-state index contributed by atoms with van der Waals surface area (Å²) < 4.78 is 21.3. The van der Waals surface area contributed by atoms with Crippen LogP contribution in [0.1, 0.15) is 23.5 Å². The van der Waals surface area contributed by atoms with Crippen molar-refractivity contribution in [2.24, 2.45) is 0 Å². The molecule has 5 nitrogen and oxygen atoms in total. The van der Waals surface area contributed by atoms with Crippen LogP contribution in [0.5, 0.6) is 5.75 Å². The Morgan fingerprint density at radius 1 is 0.969 bits per heavy atom. The second kappa shape index (κ2) is 8.43. The van der Waals surface area contributed by atoms with E-state index in [-0.39, 0.29) is 17.9 Å². The van der Waals surface area contributed by atoms with Crippen LogP contribution >= 0.6 is 12.2 Å². The van der Waals surface area contributed by atoms with Gasteiger partial charge in [-0.2, -0.15) is 0 Å². The van der Waals surface area contributed by atoms with Crippen LogP contribution in [0.15, 0.2) is 91.3 Å². The van der Waals surface area contributed by atoms with Crippen LogP contribution in [-0.4, -0.2) is 21.8 Å². The Morgan fingerprint density at radius 2 is 1.81 bits per heavy atom. The molecule has 0 spiro atoms. The maximum Gasteiger partial charge on any atom is 0.174 e. The van der Waals surface area contributed by atoms with E-state index in [1.54, 1.807) is 19.4 Å². The van der Waals surface area contributed by atoms with Gasteiger partial charge in [0.05, 0.1) is 18.8 Å². The van der Waals surface area contributed by atoms with Crippen LogP contribution in [-0.2, 0) is 0 Å². The number of nitrogens with one attached hydrogen (secondary N) is 1. The number of aromatic nitrogens is 2. The molecular formula is C25H21FN4OS. The van der Waals surface area contributed by atoms with E-state index in [9.17, 15) is 4.39 Å². The lowest BCUT2D eigenvalue weighted by Crippen LogP contribution is -2.30. The average Bonchev–Trinajstić information content (AvgIpc) is 3.44. The molecule has 0 bridgehead atoms. The molecule has 3 heterocycles. The number of hydrogen-bond donors (Lipinski definition) is 1. The zero-order valence-corrected chi connectivity index (χ0v) is 18.2. The van der Waals surface area contributed by atoms with Gasteiger partial charge in [0, 0.05) is 29.5 Å².